The zero-order chi connectivity index (χ0) is 13.9. The van der Waals surface area contributed by atoms with E-state index in [-0.39, 0.29) is 0 Å². The van der Waals surface area contributed by atoms with E-state index in [1.807, 2.05) is 13.0 Å². The molecular weight excluding hydrogens is 242 g/mol. The van der Waals surface area contributed by atoms with Crippen molar-refractivity contribution in [2.24, 2.45) is 0 Å². The number of hydrogen-bond acceptors (Lipinski definition) is 4. The van der Waals surface area contributed by atoms with Crippen LogP contribution < -0.4 is 5.32 Å². The molecule has 0 saturated carbocycles. The molecule has 0 atom stereocenters. The standard InChI is InChI=1S/C14H25N3O2/c1-4-7-15-14-16-13(2)12-17(14)8-5-6-9-19-11-10-18-3/h4,12H,1,5-11H2,2-3H3,(H,15,16). The van der Waals surface area contributed by atoms with E-state index in [4.69, 9.17) is 9.47 Å². The molecule has 0 unspecified atom stereocenters. The number of imidazole rings is 1. The van der Waals surface area contributed by atoms with Gasteiger partial charge in [0.1, 0.15) is 0 Å². The molecular formula is C14H25N3O2. The highest BCUT2D eigenvalue weighted by Gasteiger charge is 2.03. The molecule has 0 saturated heterocycles. The highest BCUT2D eigenvalue weighted by atomic mass is 16.5. The Morgan fingerprint density at radius 3 is 2.95 bits per heavy atom. The molecule has 5 heteroatoms. The highest BCUT2D eigenvalue weighted by molar-refractivity contribution is 5.29. The minimum absolute atomic E-state index is 0.663. The Morgan fingerprint density at radius 1 is 1.37 bits per heavy atom. The normalized spacial score (nSPS) is 10.6. The van der Waals surface area contributed by atoms with Crippen LogP contribution >= 0.6 is 0 Å². The molecule has 5 nitrogen and oxygen atoms in total. The third kappa shape index (κ3) is 6.40. The molecule has 1 aromatic rings. The van der Waals surface area contributed by atoms with E-state index in [1.54, 1.807) is 7.11 Å². The van der Waals surface area contributed by atoms with Crippen molar-refractivity contribution in [3.8, 4) is 0 Å². The average Bonchev–Trinajstić information content (AvgIpc) is 2.75. The van der Waals surface area contributed by atoms with Crippen LogP contribution in [-0.2, 0) is 16.0 Å². The first-order chi connectivity index (χ1) is 9.27. The lowest BCUT2D eigenvalue weighted by molar-refractivity contribution is 0.0684. The van der Waals surface area contributed by atoms with Crippen LogP contribution in [0.2, 0.25) is 0 Å². The van der Waals surface area contributed by atoms with Gasteiger partial charge in [0.15, 0.2) is 0 Å². The fourth-order valence-corrected chi connectivity index (χ4v) is 1.75. The Kier molecular flexibility index (Phi) is 7.93. The monoisotopic (exact) mass is 267 g/mol. The van der Waals surface area contributed by atoms with Crippen molar-refractivity contribution >= 4 is 5.95 Å². The molecule has 1 rings (SSSR count). The molecule has 1 aromatic heterocycles. The van der Waals surface area contributed by atoms with Crippen molar-refractivity contribution in [2.75, 3.05) is 38.8 Å². The summed E-state index contributed by atoms with van der Waals surface area (Å²) >= 11 is 0. The van der Waals surface area contributed by atoms with Gasteiger partial charge in [0, 0.05) is 33.0 Å². The van der Waals surface area contributed by atoms with Gasteiger partial charge in [0.25, 0.3) is 0 Å². The summed E-state index contributed by atoms with van der Waals surface area (Å²) in [5.41, 5.74) is 1.03. The fourth-order valence-electron chi connectivity index (χ4n) is 1.75. The van der Waals surface area contributed by atoms with Gasteiger partial charge < -0.3 is 19.4 Å². The van der Waals surface area contributed by atoms with Gasteiger partial charge in [-0.25, -0.2) is 4.98 Å². The number of nitrogens with zero attached hydrogens (tertiary/aromatic N) is 2. The van der Waals surface area contributed by atoms with Crippen LogP contribution in [0.3, 0.4) is 0 Å². The summed E-state index contributed by atoms with van der Waals surface area (Å²) in [6, 6.07) is 0. The van der Waals surface area contributed by atoms with Gasteiger partial charge in [0.05, 0.1) is 18.9 Å². The summed E-state index contributed by atoms with van der Waals surface area (Å²) in [5, 5.41) is 3.24. The molecule has 19 heavy (non-hydrogen) atoms. The van der Waals surface area contributed by atoms with Crippen LogP contribution in [0.15, 0.2) is 18.9 Å². The van der Waals surface area contributed by atoms with E-state index in [2.05, 4.69) is 27.6 Å². The van der Waals surface area contributed by atoms with Crippen molar-refractivity contribution in [2.45, 2.75) is 26.3 Å². The maximum absolute atomic E-state index is 5.43. The minimum Gasteiger partial charge on any atom is -0.382 e. The SMILES string of the molecule is C=CCNc1nc(C)cn1CCCCOCCOC. The summed E-state index contributed by atoms with van der Waals surface area (Å²) in [7, 11) is 1.68. The van der Waals surface area contributed by atoms with Gasteiger partial charge in [-0.3, -0.25) is 0 Å². The van der Waals surface area contributed by atoms with Crippen LogP contribution in [0.5, 0.6) is 0 Å². The number of nitrogens with one attached hydrogen (secondary N) is 1. The van der Waals surface area contributed by atoms with Gasteiger partial charge in [0.2, 0.25) is 5.95 Å². The number of anilines is 1. The molecule has 0 bridgehead atoms. The number of hydrogen-bond donors (Lipinski definition) is 1. The van der Waals surface area contributed by atoms with Crippen LogP contribution in [0, 0.1) is 6.92 Å². The second kappa shape index (κ2) is 9.58. The van der Waals surface area contributed by atoms with Crippen LogP contribution in [0.25, 0.3) is 0 Å². The van der Waals surface area contributed by atoms with E-state index < -0.39 is 0 Å². The Bertz CT molecular complexity index is 364. The lowest BCUT2D eigenvalue weighted by atomic mass is 10.3. The first-order valence-corrected chi connectivity index (χ1v) is 6.73. The maximum Gasteiger partial charge on any atom is 0.203 e. The number of aromatic nitrogens is 2. The van der Waals surface area contributed by atoms with Gasteiger partial charge in [-0.2, -0.15) is 0 Å². The van der Waals surface area contributed by atoms with Crippen molar-refractivity contribution in [1.82, 2.24) is 9.55 Å². The van der Waals surface area contributed by atoms with Crippen molar-refractivity contribution in [1.29, 1.82) is 0 Å². The van der Waals surface area contributed by atoms with Gasteiger partial charge in [-0.1, -0.05) is 6.08 Å². The van der Waals surface area contributed by atoms with E-state index in [0.29, 0.717) is 13.2 Å². The second-order valence-electron chi connectivity index (χ2n) is 4.38. The predicted octanol–water partition coefficient (Wildman–Crippen LogP) is 2.23. The maximum atomic E-state index is 5.43. The van der Waals surface area contributed by atoms with E-state index in [9.17, 15) is 0 Å². The summed E-state index contributed by atoms with van der Waals surface area (Å²) in [6.07, 6.45) is 6.02. The first-order valence-electron chi connectivity index (χ1n) is 6.73. The molecule has 0 spiro atoms. The van der Waals surface area contributed by atoms with E-state index in [0.717, 1.165) is 44.2 Å². The summed E-state index contributed by atoms with van der Waals surface area (Å²) in [4.78, 5) is 4.44. The summed E-state index contributed by atoms with van der Waals surface area (Å²) < 4.78 is 12.5. The van der Waals surface area contributed by atoms with Gasteiger partial charge in [-0.05, 0) is 19.8 Å². The Labute approximate surface area is 115 Å². The number of rotatable bonds is 11. The van der Waals surface area contributed by atoms with Gasteiger partial charge in [-0.15, -0.1) is 6.58 Å². The molecule has 0 aliphatic rings. The molecule has 0 aliphatic heterocycles. The topological polar surface area (TPSA) is 48.3 Å². The van der Waals surface area contributed by atoms with E-state index >= 15 is 0 Å². The second-order valence-corrected chi connectivity index (χ2v) is 4.38. The fraction of sp³-hybridized carbons (Fsp3) is 0.643. The molecule has 0 fully saturated rings. The van der Waals surface area contributed by atoms with Crippen LogP contribution in [-0.4, -0.2) is 43.0 Å². The third-order valence-electron chi connectivity index (χ3n) is 2.67. The summed E-state index contributed by atoms with van der Waals surface area (Å²) in [5.74, 6) is 0.915. The first kappa shape index (κ1) is 15.7. The lowest BCUT2D eigenvalue weighted by Crippen LogP contribution is -2.08. The Morgan fingerprint density at radius 2 is 2.21 bits per heavy atom. The molecule has 1 heterocycles. The Hall–Kier alpha value is -1.33. The highest BCUT2D eigenvalue weighted by Crippen LogP contribution is 2.09. The number of unbranched alkanes of at least 4 members (excludes halogenated alkanes) is 1. The Balaban J connectivity index is 2.22. The third-order valence-corrected chi connectivity index (χ3v) is 2.67. The minimum atomic E-state index is 0.663. The molecule has 1 N–H and O–H groups in total. The van der Waals surface area contributed by atoms with Crippen molar-refractivity contribution < 1.29 is 9.47 Å². The van der Waals surface area contributed by atoms with Crippen molar-refractivity contribution in [3.63, 3.8) is 0 Å². The zero-order valence-electron chi connectivity index (χ0n) is 12.0. The van der Waals surface area contributed by atoms with Crippen LogP contribution in [0.1, 0.15) is 18.5 Å². The van der Waals surface area contributed by atoms with Crippen molar-refractivity contribution in [3.05, 3.63) is 24.5 Å². The molecule has 0 aliphatic carbocycles. The van der Waals surface area contributed by atoms with Crippen LogP contribution in [0.4, 0.5) is 5.95 Å². The molecule has 0 aromatic carbocycles. The largest absolute Gasteiger partial charge is 0.382 e. The number of aryl methyl sites for hydroxylation is 2. The lowest BCUT2D eigenvalue weighted by Gasteiger charge is -2.08. The molecule has 0 radical (unpaired) electrons. The number of ether oxygens (including phenoxy) is 2. The van der Waals surface area contributed by atoms with Gasteiger partial charge >= 0.3 is 0 Å². The smallest absolute Gasteiger partial charge is 0.203 e. The molecule has 108 valence electrons. The quantitative estimate of drug-likeness (QED) is 0.493. The van der Waals surface area contributed by atoms with E-state index in [1.165, 1.54) is 0 Å². The molecule has 0 amide bonds. The predicted molar refractivity (Wildman–Crippen MR) is 77.6 cm³/mol. The zero-order valence-corrected chi connectivity index (χ0v) is 12.0. The average molecular weight is 267 g/mol. The number of methoxy groups -OCH3 is 1. The summed E-state index contributed by atoms with van der Waals surface area (Å²) in [6.45, 7) is 9.51.